The number of ether oxygens (including phenoxy) is 1. The van der Waals surface area contributed by atoms with Crippen LogP contribution in [-0.2, 0) is 6.42 Å². The lowest BCUT2D eigenvalue weighted by molar-refractivity contribution is 0.384. The van der Waals surface area contributed by atoms with Gasteiger partial charge in [-0.3, -0.25) is 0 Å². The van der Waals surface area contributed by atoms with Crippen LogP contribution in [0.5, 0.6) is 5.75 Å². The van der Waals surface area contributed by atoms with Gasteiger partial charge in [-0.2, -0.15) is 0 Å². The summed E-state index contributed by atoms with van der Waals surface area (Å²) in [5, 5.41) is 0.997. The van der Waals surface area contributed by atoms with Crippen molar-refractivity contribution in [2.75, 3.05) is 12.4 Å². The van der Waals surface area contributed by atoms with Gasteiger partial charge in [0.2, 0.25) is 0 Å². The Hall–Kier alpha value is -0.500. The molecule has 0 fully saturated rings. The molecule has 0 saturated heterocycles. The molecule has 0 amide bonds. The second-order valence-corrected chi connectivity index (χ2v) is 5.35. The minimum Gasteiger partial charge on any atom is -0.496 e. The Morgan fingerprint density at radius 2 is 2.00 bits per heavy atom. The summed E-state index contributed by atoms with van der Waals surface area (Å²) < 4.78 is 5.38. The molecule has 0 saturated carbocycles. The average Bonchev–Trinajstić information content (AvgIpc) is 2.18. The lowest BCUT2D eigenvalue weighted by Crippen LogP contribution is -2.17. The molecule has 0 unspecified atom stereocenters. The summed E-state index contributed by atoms with van der Waals surface area (Å²) in [5.41, 5.74) is 2.85. The van der Waals surface area contributed by atoms with Crippen molar-refractivity contribution in [3.8, 4) is 5.75 Å². The molecular formula is C13H19BrO. The van der Waals surface area contributed by atoms with Crippen LogP contribution in [0.15, 0.2) is 18.2 Å². The van der Waals surface area contributed by atoms with Crippen LogP contribution in [0.1, 0.15) is 25.0 Å². The summed E-state index contributed by atoms with van der Waals surface area (Å²) in [7, 11) is 1.73. The molecule has 0 aromatic heterocycles. The number of alkyl halides is 1. The van der Waals surface area contributed by atoms with Crippen molar-refractivity contribution in [1.29, 1.82) is 0 Å². The van der Waals surface area contributed by atoms with E-state index >= 15 is 0 Å². The molecule has 0 bridgehead atoms. The van der Waals surface area contributed by atoms with Crippen LogP contribution in [0.3, 0.4) is 0 Å². The van der Waals surface area contributed by atoms with E-state index in [1.807, 2.05) is 0 Å². The van der Waals surface area contributed by atoms with Crippen molar-refractivity contribution in [2.45, 2.75) is 27.2 Å². The van der Waals surface area contributed by atoms with E-state index in [4.69, 9.17) is 4.74 Å². The quantitative estimate of drug-likeness (QED) is 0.753. The number of benzene rings is 1. The van der Waals surface area contributed by atoms with Crippen LogP contribution >= 0.6 is 15.9 Å². The fraction of sp³-hybridized carbons (Fsp3) is 0.538. The third-order valence-electron chi connectivity index (χ3n) is 2.47. The van der Waals surface area contributed by atoms with Crippen molar-refractivity contribution in [3.63, 3.8) is 0 Å². The molecule has 1 nitrogen and oxygen atoms in total. The van der Waals surface area contributed by atoms with Gasteiger partial charge in [-0.05, 0) is 30.4 Å². The van der Waals surface area contributed by atoms with Crippen LogP contribution in [0, 0.1) is 12.3 Å². The standard InChI is InChI=1S/C13H19BrO/c1-10-5-6-12(15-4)11(7-10)8-13(2,3)9-14/h5-7H,8-9H2,1-4H3. The van der Waals surface area contributed by atoms with E-state index in [0.29, 0.717) is 0 Å². The summed E-state index contributed by atoms with van der Waals surface area (Å²) in [5.74, 6) is 0.995. The van der Waals surface area contributed by atoms with Gasteiger partial charge in [-0.15, -0.1) is 0 Å². The summed E-state index contributed by atoms with van der Waals surface area (Å²) in [4.78, 5) is 0. The number of rotatable bonds is 4. The second kappa shape index (κ2) is 5.02. The highest BCUT2D eigenvalue weighted by molar-refractivity contribution is 9.09. The number of aryl methyl sites for hydroxylation is 1. The fourth-order valence-corrected chi connectivity index (χ4v) is 1.81. The lowest BCUT2D eigenvalue weighted by Gasteiger charge is -2.23. The first-order valence-corrected chi connectivity index (χ1v) is 6.30. The SMILES string of the molecule is COc1ccc(C)cc1CC(C)(C)CBr. The zero-order valence-electron chi connectivity index (χ0n) is 9.93. The van der Waals surface area contributed by atoms with Crippen LogP contribution in [0.2, 0.25) is 0 Å². The maximum Gasteiger partial charge on any atom is 0.122 e. The molecule has 0 aliphatic heterocycles. The van der Waals surface area contributed by atoms with Crippen molar-refractivity contribution < 1.29 is 4.74 Å². The minimum absolute atomic E-state index is 0.265. The van der Waals surface area contributed by atoms with Crippen molar-refractivity contribution in [3.05, 3.63) is 29.3 Å². The predicted molar refractivity (Wildman–Crippen MR) is 69.0 cm³/mol. The minimum atomic E-state index is 0.265. The highest BCUT2D eigenvalue weighted by Crippen LogP contribution is 2.29. The summed E-state index contributed by atoms with van der Waals surface area (Å²) in [6, 6.07) is 6.35. The smallest absolute Gasteiger partial charge is 0.122 e. The van der Waals surface area contributed by atoms with Crippen LogP contribution in [0.25, 0.3) is 0 Å². The van der Waals surface area contributed by atoms with Gasteiger partial charge in [-0.1, -0.05) is 47.5 Å². The number of halogens is 1. The highest BCUT2D eigenvalue weighted by Gasteiger charge is 2.19. The molecule has 15 heavy (non-hydrogen) atoms. The Morgan fingerprint density at radius 3 is 2.53 bits per heavy atom. The Kier molecular flexibility index (Phi) is 4.21. The molecule has 0 radical (unpaired) electrons. The maximum absolute atomic E-state index is 5.38. The molecule has 0 atom stereocenters. The molecule has 0 N–H and O–H groups in total. The van der Waals surface area contributed by atoms with E-state index < -0.39 is 0 Å². The molecule has 2 heteroatoms. The van der Waals surface area contributed by atoms with Gasteiger partial charge < -0.3 is 4.74 Å². The van der Waals surface area contributed by atoms with Crippen molar-refractivity contribution in [1.82, 2.24) is 0 Å². The summed E-state index contributed by atoms with van der Waals surface area (Å²) >= 11 is 3.55. The maximum atomic E-state index is 5.38. The lowest BCUT2D eigenvalue weighted by atomic mass is 9.87. The van der Waals surface area contributed by atoms with E-state index in [1.54, 1.807) is 7.11 Å². The second-order valence-electron chi connectivity index (χ2n) is 4.79. The van der Waals surface area contributed by atoms with Gasteiger partial charge >= 0.3 is 0 Å². The molecule has 0 heterocycles. The van der Waals surface area contributed by atoms with Gasteiger partial charge in [0.05, 0.1) is 7.11 Å². The Bertz CT molecular complexity index is 331. The normalized spacial score (nSPS) is 11.5. The largest absolute Gasteiger partial charge is 0.496 e. The van der Waals surface area contributed by atoms with E-state index in [0.717, 1.165) is 17.5 Å². The number of methoxy groups -OCH3 is 1. The Morgan fingerprint density at radius 1 is 1.33 bits per heavy atom. The molecule has 84 valence electrons. The van der Waals surface area contributed by atoms with Crippen LogP contribution < -0.4 is 4.74 Å². The number of hydrogen-bond donors (Lipinski definition) is 0. The predicted octanol–water partition coefficient (Wildman–Crippen LogP) is 3.97. The van der Waals surface area contributed by atoms with Gasteiger partial charge in [0.15, 0.2) is 0 Å². The van der Waals surface area contributed by atoms with Gasteiger partial charge in [-0.25, -0.2) is 0 Å². The monoisotopic (exact) mass is 270 g/mol. The number of hydrogen-bond acceptors (Lipinski definition) is 1. The first kappa shape index (κ1) is 12.6. The van der Waals surface area contributed by atoms with Crippen LogP contribution in [-0.4, -0.2) is 12.4 Å². The van der Waals surface area contributed by atoms with Gasteiger partial charge in [0, 0.05) is 5.33 Å². The highest BCUT2D eigenvalue weighted by atomic mass is 79.9. The van der Waals surface area contributed by atoms with Gasteiger partial charge in [0.25, 0.3) is 0 Å². The fourth-order valence-electron chi connectivity index (χ4n) is 1.61. The average molecular weight is 271 g/mol. The molecule has 1 rings (SSSR count). The van der Waals surface area contributed by atoms with Crippen LogP contribution in [0.4, 0.5) is 0 Å². The molecule has 0 aliphatic carbocycles. The van der Waals surface area contributed by atoms with Crippen molar-refractivity contribution in [2.24, 2.45) is 5.41 Å². The summed E-state index contributed by atoms with van der Waals surface area (Å²) in [6.45, 7) is 6.62. The molecular weight excluding hydrogens is 252 g/mol. The third kappa shape index (κ3) is 3.53. The molecule has 1 aromatic carbocycles. The zero-order chi connectivity index (χ0) is 11.5. The van der Waals surface area contributed by atoms with E-state index in [2.05, 4.69) is 54.9 Å². The topological polar surface area (TPSA) is 9.23 Å². The van der Waals surface area contributed by atoms with Crippen molar-refractivity contribution >= 4 is 15.9 Å². The van der Waals surface area contributed by atoms with E-state index in [1.165, 1.54) is 11.1 Å². The molecule has 0 spiro atoms. The Balaban J connectivity index is 2.97. The Labute approximate surface area is 101 Å². The molecule has 1 aromatic rings. The third-order valence-corrected chi connectivity index (χ3v) is 3.98. The summed E-state index contributed by atoms with van der Waals surface area (Å²) in [6.07, 6.45) is 1.03. The zero-order valence-corrected chi connectivity index (χ0v) is 11.5. The van der Waals surface area contributed by atoms with E-state index in [-0.39, 0.29) is 5.41 Å². The molecule has 0 aliphatic rings. The first-order chi connectivity index (χ1) is 6.98. The first-order valence-electron chi connectivity index (χ1n) is 5.18. The van der Waals surface area contributed by atoms with Gasteiger partial charge in [0.1, 0.15) is 5.75 Å². The van der Waals surface area contributed by atoms with E-state index in [9.17, 15) is 0 Å².